The van der Waals surface area contributed by atoms with Gasteiger partial charge in [-0.15, -0.1) is 11.3 Å². The summed E-state index contributed by atoms with van der Waals surface area (Å²) in [5.41, 5.74) is 1.56. The van der Waals surface area contributed by atoms with E-state index < -0.39 is 11.7 Å². The van der Waals surface area contributed by atoms with Gasteiger partial charge < -0.3 is 9.73 Å². The first-order valence-electron chi connectivity index (χ1n) is 7.91. The smallest absolute Gasteiger partial charge is 0.345 e. The van der Waals surface area contributed by atoms with E-state index >= 15 is 0 Å². The molecule has 2 N–H and O–H groups in total. The van der Waals surface area contributed by atoms with Crippen molar-refractivity contribution in [1.82, 2.24) is 4.98 Å². The molecule has 0 bridgehead atoms. The van der Waals surface area contributed by atoms with Gasteiger partial charge in [-0.25, -0.2) is 14.6 Å². The summed E-state index contributed by atoms with van der Waals surface area (Å²) in [5.74, 6) is 0. The first kappa shape index (κ1) is 17.7. The summed E-state index contributed by atoms with van der Waals surface area (Å²) in [7, 11) is 0. The van der Waals surface area contributed by atoms with Crippen LogP contribution < -0.4 is 16.3 Å². The Hall–Kier alpha value is -2.72. The third-order valence-corrected chi connectivity index (χ3v) is 5.22. The number of halogens is 1. The molecule has 0 aliphatic rings. The molecule has 134 valence electrons. The van der Waals surface area contributed by atoms with Gasteiger partial charge in [0.25, 0.3) is 0 Å². The predicted octanol–water partition coefficient (Wildman–Crippen LogP) is 5.17. The third-order valence-electron chi connectivity index (χ3n) is 3.74. The van der Waals surface area contributed by atoms with E-state index in [2.05, 4.69) is 38.2 Å². The van der Waals surface area contributed by atoms with Crippen LogP contribution in [0.15, 0.2) is 69.2 Å². The van der Waals surface area contributed by atoms with Crippen LogP contribution in [0.2, 0.25) is 0 Å². The highest BCUT2D eigenvalue weighted by Crippen LogP contribution is 2.25. The quantitative estimate of drug-likeness (QED) is 0.308. The van der Waals surface area contributed by atoms with Crippen LogP contribution in [0, 0.1) is 3.57 Å². The maximum Gasteiger partial charge on any atom is 0.345 e. The van der Waals surface area contributed by atoms with Crippen molar-refractivity contribution in [2.24, 2.45) is 0 Å². The number of nitrogens with one attached hydrogen (secondary N) is 2. The molecule has 2 aromatic heterocycles. The van der Waals surface area contributed by atoms with Gasteiger partial charge in [0.05, 0.1) is 11.3 Å². The summed E-state index contributed by atoms with van der Waals surface area (Å²) < 4.78 is 6.42. The highest BCUT2D eigenvalue weighted by Gasteiger charge is 2.13. The predicted molar refractivity (Wildman–Crippen MR) is 115 cm³/mol. The van der Waals surface area contributed by atoms with Crippen molar-refractivity contribution in [1.29, 1.82) is 0 Å². The Balaban J connectivity index is 1.53. The zero-order chi connectivity index (χ0) is 18.8. The number of amides is 2. The number of rotatable bonds is 3. The molecule has 0 aliphatic carbocycles. The Morgan fingerprint density at radius 2 is 1.85 bits per heavy atom. The zero-order valence-corrected chi connectivity index (χ0v) is 16.7. The van der Waals surface area contributed by atoms with Gasteiger partial charge in [0.1, 0.15) is 5.58 Å². The normalized spacial score (nSPS) is 10.7. The summed E-state index contributed by atoms with van der Waals surface area (Å²) in [6, 6.07) is 16.0. The molecule has 0 unspecified atom stereocenters. The Morgan fingerprint density at radius 1 is 1.07 bits per heavy atom. The number of carbonyl (C=O) groups excluding carboxylic acids is 1. The van der Waals surface area contributed by atoms with Crippen LogP contribution in [0.1, 0.15) is 0 Å². The second-order valence-electron chi connectivity index (χ2n) is 5.61. The molecular weight excluding hydrogens is 477 g/mol. The van der Waals surface area contributed by atoms with Crippen LogP contribution in [-0.2, 0) is 0 Å². The average molecular weight is 489 g/mol. The molecule has 4 aromatic rings. The minimum atomic E-state index is -0.464. The number of urea groups is 1. The molecule has 4 rings (SSSR count). The Labute approximate surface area is 171 Å². The van der Waals surface area contributed by atoms with Crippen molar-refractivity contribution >= 4 is 61.7 Å². The number of para-hydroxylation sites is 1. The first-order chi connectivity index (χ1) is 13.1. The lowest BCUT2D eigenvalue weighted by Gasteiger charge is -2.05. The number of hydrogen-bond acceptors (Lipinski definition) is 5. The molecule has 2 heterocycles. The molecular formula is C19H12IN3O3S. The summed E-state index contributed by atoms with van der Waals surface area (Å²) in [4.78, 5) is 28.7. The fourth-order valence-corrected chi connectivity index (χ4v) is 3.55. The lowest BCUT2D eigenvalue weighted by atomic mass is 10.1. The van der Waals surface area contributed by atoms with E-state index in [4.69, 9.17) is 4.42 Å². The number of aromatic nitrogens is 1. The third kappa shape index (κ3) is 4.01. The van der Waals surface area contributed by atoms with Gasteiger partial charge >= 0.3 is 11.7 Å². The van der Waals surface area contributed by atoms with Crippen molar-refractivity contribution in [2.45, 2.75) is 0 Å². The number of fused-ring (bicyclic) bond motifs is 1. The van der Waals surface area contributed by atoms with Gasteiger partial charge in [-0.2, -0.15) is 0 Å². The number of anilines is 2. The van der Waals surface area contributed by atoms with Gasteiger partial charge in [-0.3, -0.25) is 5.32 Å². The van der Waals surface area contributed by atoms with Gasteiger partial charge in [-0.05, 0) is 59.0 Å². The standard InChI is InChI=1S/C19H12IN3O3S/c20-12-5-7-13(8-6-12)21-18(25)23-19-22-15(10-27-19)14-9-11-3-1-2-4-16(11)26-17(14)24/h1-10H,(H2,21,22,23,25). The van der Waals surface area contributed by atoms with Crippen molar-refractivity contribution in [3.8, 4) is 11.3 Å². The Kier molecular flexibility index (Phi) is 4.90. The second-order valence-corrected chi connectivity index (χ2v) is 7.71. The largest absolute Gasteiger partial charge is 0.422 e. The molecule has 2 aromatic carbocycles. The molecule has 2 amide bonds. The van der Waals surface area contributed by atoms with Crippen LogP contribution in [-0.4, -0.2) is 11.0 Å². The van der Waals surface area contributed by atoms with E-state index in [0.717, 1.165) is 8.96 Å². The number of benzene rings is 2. The molecule has 0 radical (unpaired) electrons. The number of hydrogen-bond donors (Lipinski definition) is 2. The van der Waals surface area contributed by atoms with Gasteiger partial charge in [0.2, 0.25) is 0 Å². The summed E-state index contributed by atoms with van der Waals surface area (Å²) in [6.07, 6.45) is 0. The molecule has 27 heavy (non-hydrogen) atoms. The van der Waals surface area contributed by atoms with Crippen molar-refractivity contribution < 1.29 is 9.21 Å². The number of nitrogens with zero attached hydrogens (tertiary/aromatic N) is 1. The number of carbonyl (C=O) groups is 1. The van der Waals surface area contributed by atoms with Gasteiger partial charge in [-0.1, -0.05) is 18.2 Å². The summed E-state index contributed by atoms with van der Waals surface area (Å²) in [5, 5.41) is 8.32. The van der Waals surface area contributed by atoms with Crippen molar-refractivity contribution in [3.05, 3.63) is 74.0 Å². The van der Waals surface area contributed by atoms with E-state index in [1.165, 1.54) is 11.3 Å². The molecule has 0 atom stereocenters. The highest BCUT2D eigenvalue weighted by atomic mass is 127. The van der Waals surface area contributed by atoms with E-state index in [0.29, 0.717) is 27.7 Å². The molecule has 8 heteroatoms. The van der Waals surface area contributed by atoms with Crippen molar-refractivity contribution in [3.63, 3.8) is 0 Å². The van der Waals surface area contributed by atoms with Crippen LogP contribution >= 0.6 is 33.9 Å². The van der Waals surface area contributed by atoms with Crippen molar-refractivity contribution in [2.75, 3.05) is 10.6 Å². The fraction of sp³-hybridized carbons (Fsp3) is 0. The monoisotopic (exact) mass is 489 g/mol. The second kappa shape index (κ2) is 7.49. The van der Waals surface area contributed by atoms with E-state index in [1.807, 2.05) is 42.5 Å². The van der Waals surface area contributed by atoms with Crippen LogP contribution in [0.5, 0.6) is 0 Å². The van der Waals surface area contributed by atoms with E-state index in [9.17, 15) is 9.59 Å². The minimum absolute atomic E-state index is 0.357. The maximum atomic E-state index is 12.2. The molecule has 0 aliphatic heterocycles. The lowest BCUT2D eigenvalue weighted by Crippen LogP contribution is -2.19. The average Bonchev–Trinajstić information content (AvgIpc) is 3.11. The minimum Gasteiger partial charge on any atom is -0.422 e. The summed E-state index contributed by atoms with van der Waals surface area (Å²) >= 11 is 3.43. The number of thiazole rings is 1. The zero-order valence-electron chi connectivity index (χ0n) is 13.7. The SMILES string of the molecule is O=C(Nc1ccc(I)cc1)Nc1nc(-c2cc3ccccc3oc2=O)cs1. The van der Waals surface area contributed by atoms with Gasteiger partial charge in [0.15, 0.2) is 5.13 Å². The van der Waals surface area contributed by atoms with Crippen LogP contribution in [0.25, 0.3) is 22.2 Å². The highest BCUT2D eigenvalue weighted by molar-refractivity contribution is 14.1. The molecule has 0 fully saturated rings. The lowest BCUT2D eigenvalue weighted by molar-refractivity contribution is 0.262. The first-order valence-corrected chi connectivity index (χ1v) is 9.87. The molecule has 0 saturated carbocycles. The Bertz CT molecular complexity index is 1180. The molecule has 0 saturated heterocycles. The van der Waals surface area contributed by atoms with Crippen LogP contribution in [0.4, 0.5) is 15.6 Å². The Morgan fingerprint density at radius 3 is 2.67 bits per heavy atom. The summed E-state index contributed by atoms with van der Waals surface area (Å²) in [6.45, 7) is 0. The van der Waals surface area contributed by atoms with E-state index in [1.54, 1.807) is 17.5 Å². The molecule has 6 nitrogen and oxygen atoms in total. The maximum absolute atomic E-state index is 12.2. The van der Waals surface area contributed by atoms with Crippen LogP contribution in [0.3, 0.4) is 0 Å². The van der Waals surface area contributed by atoms with Gasteiger partial charge in [0, 0.05) is 20.0 Å². The fourth-order valence-electron chi connectivity index (χ4n) is 2.49. The molecule has 0 spiro atoms. The topological polar surface area (TPSA) is 84.2 Å². The van der Waals surface area contributed by atoms with E-state index in [-0.39, 0.29) is 0 Å².